The molecule has 1 aliphatic heterocycles. The molecule has 6 rings (SSSR count). The Kier molecular flexibility index (Phi) is 6.12. The van der Waals surface area contributed by atoms with Crippen molar-refractivity contribution in [2.45, 2.75) is 62.6 Å². The van der Waals surface area contributed by atoms with Crippen molar-refractivity contribution in [2.75, 3.05) is 18.1 Å². The van der Waals surface area contributed by atoms with Gasteiger partial charge in [-0.25, -0.2) is 9.67 Å². The standard InChI is InChI=1S/C26H30F3N7O2S/c1-16-12-25(9-10-25)35(13-16)22-18(23(37)33-39-19-14-34(3)31-17(19)2)4-5-20(30-22)36-11-6-21(32-36)38-15-24(7-8-24)26(27,28)29/h4-6,11,14,16H,7-10,12-13,15H2,1-3H3,(H,33,37). The second kappa shape index (κ2) is 9.17. The van der Waals surface area contributed by atoms with E-state index in [1.165, 1.54) is 22.7 Å². The Balaban J connectivity index is 1.25. The van der Waals surface area contributed by atoms with E-state index in [9.17, 15) is 18.0 Å². The summed E-state index contributed by atoms with van der Waals surface area (Å²) in [6, 6.07) is 4.95. The van der Waals surface area contributed by atoms with E-state index in [-0.39, 0.29) is 30.2 Å². The summed E-state index contributed by atoms with van der Waals surface area (Å²) >= 11 is 1.21. The van der Waals surface area contributed by atoms with Gasteiger partial charge in [-0.05, 0) is 69.0 Å². The summed E-state index contributed by atoms with van der Waals surface area (Å²) in [5.41, 5.74) is -0.477. The fourth-order valence-electron chi connectivity index (χ4n) is 5.43. The van der Waals surface area contributed by atoms with Gasteiger partial charge in [-0.2, -0.15) is 18.3 Å². The predicted molar refractivity (Wildman–Crippen MR) is 139 cm³/mol. The molecule has 1 amide bonds. The molecule has 0 bridgehead atoms. The Morgan fingerprint density at radius 2 is 1.97 bits per heavy atom. The minimum Gasteiger partial charge on any atom is -0.476 e. The summed E-state index contributed by atoms with van der Waals surface area (Å²) in [4.78, 5) is 21.4. The molecular weight excluding hydrogens is 531 g/mol. The highest BCUT2D eigenvalue weighted by Gasteiger charge is 2.64. The number of hydrogen-bond acceptors (Lipinski definition) is 7. The number of aromatic nitrogens is 5. The van der Waals surface area contributed by atoms with Crippen LogP contribution in [0, 0.1) is 18.3 Å². The molecular formula is C26H30F3N7O2S. The number of alkyl halides is 3. The van der Waals surface area contributed by atoms with Crippen molar-refractivity contribution in [3.8, 4) is 11.7 Å². The van der Waals surface area contributed by atoms with Gasteiger partial charge in [-0.1, -0.05) is 6.92 Å². The highest BCUT2D eigenvalue weighted by molar-refractivity contribution is 7.98. The molecule has 2 saturated carbocycles. The van der Waals surface area contributed by atoms with Gasteiger partial charge in [-0.15, -0.1) is 5.10 Å². The molecule has 3 fully saturated rings. The first-order valence-corrected chi connectivity index (χ1v) is 13.8. The summed E-state index contributed by atoms with van der Waals surface area (Å²) in [5, 5.41) is 8.64. The first kappa shape index (κ1) is 26.0. The number of carbonyl (C=O) groups excluding carboxylic acids is 1. The molecule has 1 unspecified atom stereocenters. The van der Waals surface area contributed by atoms with Gasteiger partial charge in [0.1, 0.15) is 17.8 Å². The molecule has 1 saturated heterocycles. The van der Waals surface area contributed by atoms with Crippen LogP contribution in [-0.2, 0) is 7.05 Å². The molecule has 39 heavy (non-hydrogen) atoms. The van der Waals surface area contributed by atoms with Gasteiger partial charge in [0.25, 0.3) is 5.91 Å². The third-order valence-corrected chi connectivity index (χ3v) is 8.86. The maximum atomic E-state index is 13.4. The van der Waals surface area contributed by atoms with Crippen LogP contribution >= 0.6 is 11.9 Å². The van der Waals surface area contributed by atoms with Gasteiger partial charge in [0, 0.05) is 37.6 Å². The summed E-state index contributed by atoms with van der Waals surface area (Å²) in [5.74, 6) is 1.35. The number of rotatable bonds is 8. The van der Waals surface area contributed by atoms with E-state index in [1.807, 2.05) is 20.2 Å². The maximum Gasteiger partial charge on any atom is 0.397 e. The van der Waals surface area contributed by atoms with Gasteiger partial charge in [0.05, 0.1) is 16.2 Å². The second-order valence-corrected chi connectivity index (χ2v) is 12.0. The van der Waals surface area contributed by atoms with Crippen LogP contribution in [0.25, 0.3) is 5.82 Å². The lowest BCUT2D eigenvalue weighted by molar-refractivity contribution is -0.194. The number of hydrogen-bond donors (Lipinski definition) is 1. The third-order valence-electron chi connectivity index (χ3n) is 7.96. The number of ether oxygens (including phenoxy) is 1. The third kappa shape index (κ3) is 4.85. The van der Waals surface area contributed by atoms with Crippen molar-refractivity contribution in [1.82, 2.24) is 29.3 Å². The number of anilines is 1. The van der Waals surface area contributed by atoms with Crippen LogP contribution in [-0.4, -0.2) is 55.3 Å². The number of nitrogens with one attached hydrogen (secondary N) is 1. The van der Waals surface area contributed by atoms with Crippen LogP contribution in [0.1, 0.15) is 55.1 Å². The zero-order valence-corrected chi connectivity index (χ0v) is 22.8. The lowest BCUT2D eigenvalue weighted by atomic mass is 10.1. The highest BCUT2D eigenvalue weighted by Crippen LogP contribution is 2.57. The van der Waals surface area contributed by atoms with Gasteiger partial charge >= 0.3 is 6.18 Å². The van der Waals surface area contributed by atoms with Crippen LogP contribution in [0.2, 0.25) is 0 Å². The smallest absolute Gasteiger partial charge is 0.397 e. The molecule has 0 radical (unpaired) electrons. The first-order valence-electron chi connectivity index (χ1n) is 13.0. The van der Waals surface area contributed by atoms with Crippen molar-refractivity contribution >= 4 is 23.7 Å². The number of nitrogens with zero attached hydrogens (tertiary/aromatic N) is 6. The molecule has 1 N–H and O–H groups in total. The Hall–Kier alpha value is -3.22. The number of halogens is 3. The topological polar surface area (TPSA) is 90.1 Å². The average Bonchev–Trinajstić information content (AvgIpc) is 3.72. The highest BCUT2D eigenvalue weighted by atomic mass is 32.2. The minimum atomic E-state index is -4.29. The largest absolute Gasteiger partial charge is 0.476 e. The monoisotopic (exact) mass is 561 g/mol. The Morgan fingerprint density at radius 1 is 1.21 bits per heavy atom. The Morgan fingerprint density at radius 3 is 2.62 bits per heavy atom. The van der Waals surface area contributed by atoms with Gasteiger partial charge in [0.15, 0.2) is 5.82 Å². The maximum absolute atomic E-state index is 13.4. The molecule has 13 heteroatoms. The van der Waals surface area contributed by atoms with Gasteiger partial charge < -0.3 is 9.64 Å². The van der Waals surface area contributed by atoms with Crippen molar-refractivity contribution < 1.29 is 22.7 Å². The molecule has 3 aromatic heterocycles. The van der Waals surface area contributed by atoms with E-state index in [4.69, 9.17) is 9.72 Å². The number of pyridine rings is 1. The summed E-state index contributed by atoms with van der Waals surface area (Å²) < 4.78 is 51.4. The van der Waals surface area contributed by atoms with Gasteiger partial charge in [-0.3, -0.25) is 14.2 Å². The van der Waals surface area contributed by atoms with Gasteiger partial charge in [0.2, 0.25) is 5.88 Å². The molecule has 4 heterocycles. The summed E-state index contributed by atoms with van der Waals surface area (Å²) in [6.07, 6.45) is 2.45. The van der Waals surface area contributed by atoms with E-state index >= 15 is 0 Å². The molecule has 9 nitrogen and oxygen atoms in total. The van der Waals surface area contributed by atoms with Crippen molar-refractivity contribution in [1.29, 1.82) is 0 Å². The van der Waals surface area contributed by atoms with Crippen molar-refractivity contribution in [3.05, 3.63) is 41.9 Å². The lowest BCUT2D eigenvalue weighted by Crippen LogP contribution is -2.34. The molecule has 208 valence electrons. The fraction of sp³-hybridized carbons (Fsp3) is 0.538. The lowest BCUT2D eigenvalue weighted by Gasteiger charge is -2.27. The molecule has 3 aliphatic rings. The van der Waals surface area contributed by atoms with E-state index in [0.29, 0.717) is 23.1 Å². The van der Waals surface area contributed by atoms with E-state index < -0.39 is 18.2 Å². The quantitative estimate of drug-likeness (QED) is 0.394. The van der Waals surface area contributed by atoms with Crippen LogP contribution < -0.4 is 14.4 Å². The van der Waals surface area contributed by atoms with Crippen LogP contribution in [0.4, 0.5) is 19.0 Å². The van der Waals surface area contributed by atoms with Crippen LogP contribution in [0.3, 0.4) is 0 Å². The zero-order chi connectivity index (χ0) is 27.6. The van der Waals surface area contributed by atoms with Crippen LogP contribution in [0.5, 0.6) is 5.88 Å². The molecule has 2 aliphatic carbocycles. The zero-order valence-electron chi connectivity index (χ0n) is 22.0. The van der Waals surface area contributed by atoms with Crippen molar-refractivity contribution in [3.63, 3.8) is 0 Å². The van der Waals surface area contributed by atoms with E-state index in [1.54, 1.807) is 23.0 Å². The van der Waals surface area contributed by atoms with Crippen molar-refractivity contribution in [2.24, 2.45) is 18.4 Å². The second-order valence-electron chi connectivity index (χ2n) is 11.1. The molecule has 3 aromatic rings. The summed E-state index contributed by atoms with van der Waals surface area (Å²) in [6.45, 7) is 4.43. The molecule has 1 atom stereocenters. The number of aryl methyl sites for hydroxylation is 2. The number of carbonyl (C=O) groups is 1. The fourth-order valence-corrected chi connectivity index (χ4v) is 6.13. The normalized spacial score (nSPS) is 20.9. The molecule has 0 aromatic carbocycles. The summed E-state index contributed by atoms with van der Waals surface area (Å²) in [7, 11) is 1.83. The average molecular weight is 562 g/mol. The van der Waals surface area contributed by atoms with Crippen LogP contribution in [0.15, 0.2) is 35.5 Å². The first-order chi connectivity index (χ1) is 18.5. The number of amides is 1. The predicted octanol–water partition coefficient (Wildman–Crippen LogP) is 4.85. The SMILES string of the molecule is Cc1nn(C)cc1SNC(=O)c1ccc(-n2ccc(OCC3(C(F)(F)F)CC3)n2)nc1N1CC(C)CC12CC2. The van der Waals surface area contributed by atoms with E-state index in [2.05, 4.69) is 26.7 Å². The van der Waals surface area contributed by atoms with E-state index in [0.717, 1.165) is 36.4 Å². The Bertz CT molecular complexity index is 1410. The Labute approximate surface area is 228 Å². The minimum absolute atomic E-state index is 0.0156. The molecule has 1 spiro atoms.